The van der Waals surface area contributed by atoms with Gasteiger partial charge >= 0.3 is 0 Å². The Hall–Kier alpha value is -3.08. The third-order valence-corrected chi connectivity index (χ3v) is 3.64. The first-order chi connectivity index (χ1) is 12.5. The van der Waals surface area contributed by atoms with Crippen molar-refractivity contribution in [2.75, 3.05) is 10.6 Å². The number of nitrogens with zero attached hydrogens (tertiary/aromatic N) is 2. The van der Waals surface area contributed by atoms with Crippen LogP contribution in [0.3, 0.4) is 0 Å². The normalized spacial score (nSPS) is 10.7. The predicted octanol–water partition coefficient (Wildman–Crippen LogP) is 5.37. The van der Waals surface area contributed by atoms with Crippen molar-refractivity contribution in [1.82, 2.24) is 9.97 Å². The summed E-state index contributed by atoms with van der Waals surface area (Å²) in [5.41, 5.74) is 3.91. The van der Waals surface area contributed by atoms with Gasteiger partial charge in [0.1, 0.15) is 11.6 Å². The quantitative estimate of drug-likeness (QED) is 0.627. The molecule has 0 bridgehead atoms. The van der Waals surface area contributed by atoms with Crippen LogP contribution in [-0.2, 0) is 0 Å². The van der Waals surface area contributed by atoms with E-state index in [1.54, 1.807) is 0 Å². The number of aryl methyl sites for hydroxylation is 2. The van der Waals surface area contributed by atoms with Gasteiger partial charge in [-0.2, -0.15) is 4.98 Å². The lowest BCUT2D eigenvalue weighted by molar-refractivity contribution is 0.244. The van der Waals surface area contributed by atoms with Crippen LogP contribution in [0.5, 0.6) is 5.75 Å². The molecule has 0 fully saturated rings. The minimum absolute atomic E-state index is 0.0925. The Morgan fingerprint density at radius 2 is 1.69 bits per heavy atom. The summed E-state index contributed by atoms with van der Waals surface area (Å²) >= 11 is 0. The van der Waals surface area contributed by atoms with E-state index in [4.69, 9.17) is 4.74 Å². The molecule has 0 atom stereocenters. The van der Waals surface area contributed by atoms with Gasteiger partial charge in [-0.3, -0.25) is 0 Å². The number of hydrogen-bond donors (Lipinski definition) is 2. The van der Waals surface area contributed by atoms with Crippen LogP contribution in [-0.4, -0.2) is 16.1 Å². The fourth-order valence-corrected chi connectivity index (χ4v) is 2.61. The summed E-state index contributed by atoms with van der Waals surface area (Å²) in [6.07, 6.45) is 0.0925. The van der Waals surface area contributed by atoms with E-state index in [9.17, 15) is 0 Å². The summed E-state index contributed by atoms with van der Waals surface area (Å²) in [5.74, 6) is 2.05. The SMILES string of the molecule is Cc1cccc(Nc2cc(C)nc(Nc3ccccc3OC(C)C)n2)c1. The van der Waals surface area contributed by atoms with Crippen LogP contribution in [0.25, 0.3) is 0 Å². The number of anilines is 4. The van der Waals surface area contributed by atoms with Crippen molar-refractivity contribution in [3.63, 3.8) is 0 Å². The van der Waals surface area contributed by atoms with Crippen LogP contribution in [0, 0.1) is 13.8 Å². The second-order valence-electron chi connectivity index (χ2n) is 6.50. The highest BCUT2D eigenvalue weighted by Crippen LogP contribution is 2.28. The highest BCUT2D eigenvalue weighted by Gasteiger charge is 2.08. The van der Waals surface area contributed by atoms with E-state index in [-0.39, 0.29) is 6.10 Å². The third-order valence-electron chi connectivity index (χ3n) is 3.64. The van der Waals surface area contributed by atoms with Gasteiger partial charge in [-0.15, -0.1) is 0 Å². The van der Waals surface area contributed by atoms with Crippen LogP contribution < -0.4 is 15.4 Å². The van der Waals surface area contributed by atoms with Crippen LogP contribution in [0.2, 0.25) is 0 Å². The maximum atomic E-state index is 5.85. The third kappa shape index (κ3) is 4.72. The molecule has 0 aliphatic carbocycles. The average molecular weight is 348 g/mol. The zero-order chi connectivity index (χ0) is 18.5. The zero-order valence-electron chi connectivity index (χ0n) is 15.6. The van der Waals surface area contributed by atoms with Crippen molar-refractivity contribution >= 4 is 23.1 Å². The zero-order valence-corrected chi connectivity index (χ0v) is 15.6. The van der Waals surface area contributed by atoms with E-state index in [0.29, 0.717) is 5.95 Å². The van der Waals surface area contributed by atoms with Gasteiger partial charge in [0.15, 0.2) is 0 Å². The largest absolute Gasteiger partial charge is 0.489 e. The highest BCUT2D eigenvalue weighted by atomic mass is 16.5. The molecule has 3 aromatic rings. The maximum absolute atomic E-state index is 5.85. The Labute approximate surface area is 154 Å². The Morgan fingerprint density at radius 1 is 0.885 bits per heavy atom. The summed E-state index contributed by atoms with van der Waals surface area (Å²) in [5, 5.41) is 6.61. The molecule has 3 rings (SSSR count). The first kappa shape index (κ1) is 17.7. The van der Waals surface area contributed by atoms with E-state index >= 15 is 0 Å². The number of rotatable bonds is 6. The summed E-state index contributed by atoms with van der Waals surface area (Å²) in [7, 11) is 0. The van der Waals surface area contributed by atoms with E-state index in [0.717, 1.165) is 28.6 Å². The lowest BCUT2D eigenvalue weighted by atomic mass is 10.2. The monoisotopic (exact) mass is 348 g/mol. The van der Waals surface area contributed by atoms with E-state index in [1.807, 2.05) is 63.2 Å². The van der Waals surface area contributed by atoms with Gasteiger partial charge in [0.25, 0.3) is 0 Å². The van der Waals surface area contributed by atoms with Crippen molar-refractivity contribution in [3.8, 4) is 5.75 Å². The van der Waals surface area contributed by atoms with Crippen molar-refractivity contribution in [1.29, 1.82) is 0 Å². The number of aromatic nitrogens is 2. The summed E-state index contributed by atoms with van der Waals surface area (Å²) in [6, 6.07) is 17.9. The van der Waals surface area contributed by atoms with Crippen molar-refractivity contribution in [2.24, 2.45) is 0 Å². The topological polar surface area (TPSA) is 59.1 Å². The van der Waals surface area contributed by atoms with Crippen LogP contribution in [0.1, 0.15) is 25.1 Å². The number of nitrogens with one attached hydrogen (secondary N) is 2. The predicted molar refractivity (Wildman–Crippen MR) is 107 cm³/mol. The van der Waals surface area contributed by atoms with Gasteiger partial charge in [-0.1, -0.05) is 24.3 Å². The lowest BCUT2D eigenvalue weighted by Crippen LogP contribution is -2.08. The molecular weight excluding hydrogens is 324 g/mol. The van der Waals surface area contributed by atoms with Gasteiger partial charge in [0, 0.05) is 17.4 Å². The second kappa shape index (κ2) is 7.87. The second-order valence-corrected chi connectivity index (χ2v) is 6.50. The Kier molecular flexibility index (Phi) is 5.37. The Morgan fingerprint density at radius 3 is 2.46 bits per heavy atom. The van der Waals surface area contributed by atoms with Gasteiger partial charge in [0.05, 0.1) is 11.8 Å². The molecule has 26 heavy (non-hydrogen) atoms. The first-order valence-corrected chi connectivity index (χ1v) is 8.72. The number of para-hydroxylation sites is 2. The van der Waals surface area contributed by atoms with Crippen molar-refractivity contribution in [2.45, 2.75) is 33.8 Å². The molecule has 0 saturated heterocycles. The fourth-order valence-electron chi connectivity index (χ4n) is 2.61. The van der Waals surface area contributed by atoms with Gasteiger partial charge in [0.2, 0.25) is 5.95 Å². The summed E-state index contributed by atoms with van der Waals surface area (Å²) in [6.45, 7) is 8.02. The Bertz CT molecular complexity index is 893. The minimum atomic E-state index is 0.0925. The maximum Gasteiger partial charge on any atom is 0.229 e. The molecule has 5 nitrogen and oxygen atoms in total. The van der Waals surface area contributed by atoms with Crippen LogP contribution >= 0.6 is 0 Å². The summed E-state index contributed by atoms with van der Waals surface area (Å²) < 4.78 is 5.85. The Balaban J connectivity index is 1.84. The van der Waals surface area contributed by atoms with Gasteiger partial charge in [-0.25, -0.2) is 4.98 Å². The summed E-state index contributed by atoms with van der Waals surface area (Å²) in [4.78, 5) is 9.08. The molecule has 0 radical (unpaired) electrons. The number of benzene rings is 2. The molecular formula is C21H24N4O. The fraction of sp³-hybridized carbons (Fsp3) is 0.238. The molecule has 0 aliphatic heterocycles. The molecule has 0 amide bonds. The van der Waals surface area contributed by atoms with E-state index < -0.39 is 0 Å². The molecule has 2 aromatic carbocycles. The molecule has 0 spiro atoms. The molecule has 1 aromatic heterocycles. The lowest BCUT2D eigenvalue weighted by Gasteiger charge is -2.15. The number of ether oxygens (including phenoxy) is 1. The van der Waals surface area contributed by atoms with Gasteiger partial charge < -0.3 is 15.4 Å². The molecule has 2 N–H and O–H groups in total. The average Bonchev–Trinajstić information content (AvgIpc) is 2.56. The molecule has 0 aliphatic rings. The van der Waals surface area contributed by atoms with Crippen molar-refractivity contribution in [3.05, 3.63) is 65.9 Å². The van der Waals surface area contributed by atoms with Crippen molar-refractivity contribution < 1.29 is 4.74 Å². The van der Waals surface area contributed by atoms with Crippen LogP contribution in [0.15, 0.2) is 54.6 Å². The van der Waals surface area contributed by atoms with Crippen LogP contribution in [0.4, 0.5) is 23.1 Å². The smallest absolute Gasteiger partial charge is 0.229 e. The van der Waals surface area contributed by atoms with E-state index in [2.05, 4.69) is 39.7 Å². The molecule has 0 unspecified atom stereocenters. The molecule has 5 heteroatoms. The highest BCUT2D eigenvalue weighted by molar-refractivity contribution is 5.64. The van der Waals surface area contributed by atoms with E-state index in [1.165, 1.54) is 5.56 Å². The standard InChI is InChI=1S/C21H24N4O/c1-14(2)26-19-11-6-5-10-18(19)24-21-22-16(4)13-20(25-21)23-17-9-7-8-15(3)12-17/h5-14H,1-4H3,(H2,22,23,24,25). The first-order valence-electron chi connectivity index (χ1n) is 8.72. The minimum Gasteiger partial charge on any atom is -0.489 e. The van der Waals surface area contributed by atoms with Gasteiger partial charge in [-0.05, 0) is 57.5 Å². The molecule has 1 heterocycles. The molecule has 0 saturated carbocycles. The number of hydrogen-bond acceptors (Lipinski definition) is 5. The molecule has 134 valence electrons.